The molecule has 0 aromatic carbocycles. The van der Waals surface area contributed by atoms with E-state index in [1.54, 1.807) is 13.8 Å². The normalized spacial score (nSPS) is 14.9. The van der Waals surface area contributed by atoms with Gasteiger partial charge in [0.25, 0.3) is 0 Å². The summed E-state index contributed by atoms with van der Waals surface area (Å²) in [6, 6.07) is 0. The largest absolute Gasteiger partial charge is 0.513 e. The summed E-state index contributed by atoms with van der Waals surface area (Å²) in [4.78, 5) is 22.1. The average molecular weight is 257 g/mol. The van der Waals surface area contributed by atoms with Crippen molar-refractivity contribution in [2.45, 2.75) is 20.3 Å². The van der Waals surface area contributed by atoms with Crippen LogP contribution in [-0.4, -0.2) is 26.5 Å². The lowest BCUT2D eigenvalue weighted by Gasteiger charge is -2.22. The molecular weight excluding hydrogens is 242 g/mol. The van der Waals surface area contributed by atoms with Gasteiger partial charge >= 0.3 is 12.3 Å². The third-order valence-corrected chi connectivity index (χ3v) is 2.28. The zero-order chi connectivity index (χ0) is 13.7. The molecule has 0 fully saturated rings. The van der Waals surface area contributed by atoms with Gasteiger partial charge in [-0.25, -0.2) is 9.59 Å². The first-order chi connectivity index (χ1) is 8.47. The standard InChI is InChI=1S/C11H15NO6/c1-6-8(17-10(13)15-3)5-9(7(2)12-6)18-11(14)16-4/h12H,5H2,1-4H3. The number of dihydropyridines is 1. The number of rotatable bonds is 2. The molecule has 0 aliphatic carbocycles. The SMILES string of the molecule is COC(=O)OC1=C(C)NC(C)=C(OC(=O)OC)C1. The Morgan fingerprint density at radius 3 is 1.67 bits per heavy atom. The van der Waals surface area contributed by atoms with E-state index in [9.17, 15) is 9.59 Å². The van der Waals surface area contributed by atoms with Crippen LogP contribution in [0.25, 0.3) is 0 Å². The van der Waals surface area contributed by atoms with Gasteiger partial charge in [0.1, 0.15) is 11.5 Å². The van der Waals surface area contributed by atoms with Gasteiger partial charge in [0.15, 0.2) is 0 Å². The van der Waals surface area contributed by atoms with E-state index in [1.807, 2.05) is 0 Å². The second kappa shape index (κ2) is 5.95. The summed E-state index contributed by atoms with van der Waals surface area (Å²) in [6.07, 6.45) is -1.50. The van der Waals surface area contributed by atoms with Crippen LogP contribution in [0.15, 0.2) is 22.9 Å². The first kappa shape index (κ1) is 13.9. The van der Waals surface area contributed by atoms with Crippen LogP contribution < -0.4 is 5.32 Å². The van der Waals surface area contributed by atoms with E-state index in [0.717, 1.165) is 0 Å². The molecule has 0 atom stereocenters. The minimum Gasteiger partial charge on any atom is -0.437 e. The number of nitrogens with one attached hydrogen (secondary N) is 1. The molecule has 1 rings (SSSR count). The third-order valence-electron chi connectivity index (χ3n) is 2.28. The smallest absolute Gasteiger partial charge is 0.437 e. The second-order valence-corrected chi connectivity index (χ2v) is 3.51. The van der Waals surface area contributed by atoms with Gasteiger partial charge in [-0.05, 0) is 13.8 Å². The van der Waals surface area contributed by atoms with Crippen molar-refractivity contribution in [2.75, 3.05) is 14.2 Å². The average Bonchev–Trinajstić information content (AvgIpc) is 2.34. The third kappa shape index (κ3) is 3.41. The molecule has 1 aliphatic heterocycles. The molecule has 1 N–H and O–H groups in total. The Bertz CT molecular complexity index is 385. The molecule has 0 spiro atoms. The quantitative estimate of drug-likeness (QED) is 0.757. The summed E-state index contributed by atoms with van der Waals surface area (Å²) in [6.45, 7) is 3.47. The molecule has 0 aromatic rings. The van der Waals surface area contributed by atoms with Gasteiger partial charge in [0, 0.05) is 0 Å². The molecule has 0 amide bonds. The molecular formula is C11H15NO6. The summed E-state index contributed by atoms with van der Waals surface area (Å²) in [5.74, 6) is 0.651. The molecule has 7 nitrogen and oxygen atoms in total. The summed E-state index contributed by atoms with van der Waals surface area (Å²) >= 11 is 0. The maximum absolute atomic E-state index is 11.0. The Hall–Kier alpha value is -2.18. The van der Waals surface area contributed by atoms with Crippen molar-refractivity contribution in [3.63, 3.8) is 0 Å². The Morgan fingerprint density at radius 1 is 0.944 bits per heavy atom. The number of carbonyl (C=O) groups excluding carboxylic acids is 2. The molecule has 0 saturated heterocycles. The Morgan fingerprint density at radius 2 is 1.33 bits per heavy atom. The van der Waals surface area contributed by atoms with Gasteiger partial charge in [-0.3, -0.25) is 0 Å². The van der Waals surface area contributed by atoms with Crippen molar-refractivity contribution in [3.05, 3.63) is 22.9 Å². The van der Waals surface area contributed by atoms with Crippen LogP contribution >= 0.6 is 0 Å². The molecule has 0 aromatic heterocycles. The highest BCUT2D eigenvalue weighted by Crippen LogP contribution is 2.24. The number of hydrogen-bond acceptors (Lipinski definition) is 7. The molecule has 18 heavy (non-hydrogen) atoms. The molecule has 100 valence electrons. The number of allylic oxidation sites excluding steroid dienone is 2. The first-order valence-corrected chi connectivity index (χ1v) is 5.16. The van der Waals surface area contributed by atoms with E-state index in [0.29, 0.717) is 22.9 Å². The van der Waals surface area contributed by atoms with E-state index >= 15 is 0 Å². The minimum absolute atomic E-state index is 0.162. The topological polar surface area (TPSA) is 83.1 Å². The highest BCUT2D eigenvalue weighted by molar-refractivity contribution is 5.63. The second-order valence-electron chi connectivity index (χ2n) is 3.51. The van der Waals surface area contributed by atoms with Crippen LogP contribution in [0.5, 0.6) is 0 Å². The number of ether oxygens (including phenoxy) is 4. The van der Waals surface area contributed by atoms with Gasteiger partial charge in [-0.1, -0.05) is 0 Å². The molecule has 0 radical (unpaired) electrons. The van der Waals surface area contributed by atoms with Crippen LogP contribution in [0, 0.1) is 0 Å². The van der Waals surface area contributed by atoms with Crippen LogP contribution in [0.2, 0.25) is 0 Å². The maximum atomic E-state index is 11.0. The predicted molar refractivity (Wildman–Crippen MR) is 60.1 cm³/mol. The van der Waals surface area contributed by atoms with Crippen molar-refractivity contribution >= 4 is 12.3 Å². The van der Waals surface area contributed by atoms with Crippen molar-refractivity contribution in [3.8, 4) is 0 Å². The molecule has 1 aliphatic rings. The van der Waals surface area contributed by atoms with Gasteiger partial charge in [-0.15, -0.1) is 0 Å². The lowest BCUT2D eigenvalue weighted by atomic mass is 10.1. The molecule has 1 heterocycles. The van der Waals surface area contributed by atoms with Crippen molar-refractivity contribution < 1.29 is 28.5 Å². The summed E-state index contributed by atoms with van der Waals surface area (Å²) in [5.41, 5.74) is 1.30. The van der Waals surface area contributed by atoms with Crippen molar-refractivity contribution in [2.24, 2.45) is 0 Å². The molecule has 0 bridgehead atoms. The van der Waals surface area contributed by atoms with Crippen LogP contribution in [0.3, 0.4) is 0 Å². The summed E-state index contributed by atoms with van der Waals surface area (Å²) in [7, 11) is 2.42. The fourth-order valence-electron chi connectivity index (χ4n) is 1.34. The molecule has 0 unspecified atom stereocenters. The van der Waals surface area contributed by atoms with Crippen LogP contribution in [0.1, 0.15) is 20.3 Å². The number of methoxy groups -OCH3 is 2. The Balaban J connectivity index is 2.76. The maximum Gasteiger partial charge on any atom is 0.513 e. The highest BCUT2D eigenvalue weighted by atomic mass is 16.7. The lowest BCUT2D eigenvalue weighted by Crippen LogP contribution is -2.23. The Labute approximate surface area is 104 Å². The fraction of sp³-hybridized carbons (Fsp3) is 0.455. The summed E-state index contributed by atoms with van der Waals surface area (Å²) < 4.78 is 18.7. The monoisotopic (exact) mass is 257 g/mol. The van der Waals surface area contributed by atoms with Gasteiger partial charge in [-0.2, -0.15) is 0 Å². The highest BCUT2D eigenvalue weighted by Gasteiger charge is 2.22. The number of hydrogen-bond donors (Lipinski definition) is 1. The Kier molecular flexibility index (Phi) is 4.59. The van der Waals surface area contributed by atoms with E-state index in [-0.39, 0.29) is 6.42 Å². The van der Waals surface area contributed by atoms with Crippen LogP contribution in [-0.2, 0) is 18.9 Å². The molecule has 0 saturated carbocycles. The minimum atomic E-state index is -0.830. The fourth-order valence-corrected chi connectivity index (χ4v) is 1.34. The first-order valence-electron chi connectivity index (χ1n) is 5.16. The van der Waals surface area contributed by atoms with Crippen molar-refractivity contribution in [1.82, 2.24) is 5.32 Å². The van der Waals surface area contributed by atoms with E-state index < -0.39 is 12.3 Å². The molecule has 7 heteroatoms. The van der Waals surface area contributed by atoms with Gasteiger partial charge < -0.3 is 24.3 Å². The van der Waals surface area contributed by atoms with E-state index in [4.69, 9.17) is 9.47 Å². The predicted octanol–water partition coefficient (Wildman–Crippen LogP) is 2.01. The van der Waals surface area contributed by atoms with Crippen LogP contribution in [0.4, 0.5) is 9.59 Å². The lowest BCUT2D eigenvalue weighted by molar-refractivity contribution is 0.0828. The van der Waals surface area contributed by atoms with Gasteiger partial charge in [0.05, 0.1) is 32.0 Å². The summed E-state index contributed by atoms with van der Waals surface area (Å²) in [5, 5.41) is 2.93. The van der Waals surface area contributed by atoms with Gasteiger partial charge in [0.2, 0.25) is 0 Å². The zero-order valence-electron chi connectivity index (χ0n) is 10.7. The van der Waals surface area contributed by atoms with E-state index in [1.165, 1.54) is 14.2 Å². The van der Waals surface area contributed by atoms with E-state index in [2.05, 4.69) is 14.8 Å². The zero-order valence-corrected chi connectivity index (χ0v) is 10.7. The van der Waals surface area contributed by atoms with Crippen molar-refractivity contribution in [1.29, 1.82) is 0 Å². The number of carbonyl (C=O) groups is 2.